The second-order valence-corrected chi connectivity index (χ2v) is 4.87. The van der Waals surface area contributed by atoms with Crippen LogP contribution in [-0.4, -0.2) is 25.5 Å². The molecule has 1 saturated heterocycles. The zero-order chi connectivity index (χ0) is 13.1. The van der Waals surface area contributed by atoms with E-state index in [4.69, 9.17) is 0 Å². The summed E-state index contributed by atoms with van der Waals surface area (Å²) in [6.07, 6.45) is 1.52. The molecule has 0 spiro atoms. The molecule has 0 aromatic heterocycles. The highest BCUT2D eigenvalue weighted by molar-refractivity contribution is 5.81. The standard InChI is InChI=1S/C14H19FN2O/c1-9-3-4-12(15)11(7-9)10-5-6-17-13(8-10)14(18)16-2/h3-4,7,10,13,17H,5-6,8H2,1-2H3,(H,16,18). The summed E-state index contributed by atoms with van der Waals surface area (Å²) in [6, 6.07) is 4.97. The predicted octanol–water partition coefficient (Wildman–Crippen LogP) is 1.72. The lowest BCUT2D eigenvalue weighted by atomic mass is 9.85. The van der Waals surface area contributed by atoms with Gasteiger partial charge in [0.25, 0.3) is 0 Å². The van der Waals surface area contributed by atoms with Crippen molar-refractivity contribution in [2.75, 3.05) is 13.6 Å². The number of rotatable bonds is 2. The van der Waals surface area contributed by atoms with Crippen molar-refractivity contribution in [1.82, 2.24) is 10.6 Å². The summed E-state index contributed by atoms with van der Waals surface area (Å²) in [5.41, 5.74) is 1.80. The monoisotopic (exact) mass is 250 g/mol. The molecular formula is C14H19FN2O. The highest BCUT2D eigenvalue weighted by Crippen LogP contribution is 2.30. The number of nitrogens with one attached hydrogen (secondary N) is 2. The number of carbonyl (C=O) groups is 1. The van der Waals surface area contributed by atoms with Gasteiger partial charge < -0.3 is 10.6 Å². The predicted molar refractivity (Wildman–Crippen MR) is 69.0 cm³/mol. The van der Waals surface area contributed by atoms with Gasteiger partial charge in [0.2, 0.25) is 5.91 Å². The van der Waals surface area contributed by atoms with E-state index in [1.165, 1.54) is 6.07 Å². The SMILES string of the molecule is CNC(=O)C1CC(c2cc(C)ccc2F)CCN1. The Hall–Kier alpha value is -1.42. The molecule has 0 bridgehead atoms. The minimum Gasteiger partial charge on any atom is -0.358 e. The van der Waals surface area contributed by atoms with Gasteiger partial charge in [0, 0.05) is 7.05 Å². The Bertz CT molecular complexity index is 447. The van der Waals surface area contributed by atoms with Gasteiger partial charge in [-0.05, 0) is 43.9 Å². The van der Waals surface area contributed by atoms with E-state index < -0.39 is 0 Å². The Balaban J connectivity index is 2.18. The van der Waals surface area contributed by atoms with Gasteiger partial charge in [0.05, 0.1) is 6.04 Å². The van der Waals surface area contributed by atoms with E-state index in [2.05, 4.69) is 10.6 Å². The summed E-state index contributed by atoms with van der Waals surface area (Å²) in [7, 11) is 1.63. The Kier molecular flexibility index (Phi) is 3.97. The van der Waals surface area contributed by atoms with E-state index in [1.807, 2.05) is 13.0 Å². The van der Waals surface area contributed by atoms with Gasteiger partial charge in [0.1, 0.15) is 5.82 Å². The summed E-state index contributed by atoms with van der Waals surface area (Å²) in [5, 5.41) is 5.81. The Labute approximate surface area is 107 Å². The van der Waals surface area contributed by atoms with E-state index in [0.29, 0.717) is 6.42 Å². The number of aryl methyl sites for hydroxylation is 1. The molecule has 1 amide bonds. The van der Waals surface area contributed by atoms with Crippen molar-refractivity contribution in [2.45, 2.75) is 31.7 Å². The Morgan fingerprint density at radius 2 is 2.28 bits per heavy atom. The van der Waals surface area contributed by atoms with E-state index in [0.717, 1.165) is 24.1 Å². The highest BCUT2D eigenvalue weighted by atomic mass is 19.1. The molecule has 3 nitrogen and oxygen atoms in total. The van der Waals surface area contributed by atoms with Crippen LogP contribution < -0.4 is 10.6 Å². The van der Waals surface area contributed by atoms with Crippen LogP contribution in [0.4, 0.5) is 4.39 Å². The quantitative estimate of drug-likeness (QED) is 0.839. The fraction of sp³-hybridized carbons (Fsp3) is 0.500. The van der Waals surface area contributed by atoms with Crippen LogP contribution in [0.3, 0.4) is 0 Å². The summed E-state index contributed by atoms with van der Waals surface area (Å²) in [4.78, 5) is 11.6. The van der Waals surface area contributed by atoms with E-state index in [1.54, 1.807) is 13.1 Å². The third-order valence-electron chi connectivity index (χ3n) is 3.56. The number of hydrogen-bond donors (Lipinski definition) is 2. The number of halogens is 1. The van der Waals surface area contributed by atoms with Crippen LogP contribution >= 0.6 is 0 Å². The van der Waals surface area contributed by atoms with Gasteiger partial charge in [-0.1, -0.05) is 17.7 Å². The van der Waals surface area contributed by atoms with Crippen molar-refractivity contribution in [1.29, 1.82) is 0 Å². The molecule has 18 heavy (non-hydrogen) atoms. The van der Waals surface area contributed by atoms with E-state index in [9.17, 15) is 9.18 Å². The third kappa shape index (κ3) is 2.70. The average Bonchev–Trinajstić information content (AvgIpc) is 2.40. The minimum atomic E-state index is -0.214. The first-order valence-electron chi connectivity index (χ1n) is 6.33. The van der Waals surface area contributed by atoms with Crippen molar-refractivity contribution >= 4 is 5.91 Å². The van der Waals surface area contributed by atoms with Gasteiger partial charge >= 0.3 is 0 Å². The molecule has 1 aliphatic rings. The molecule has 2 unspecified atom stereocenters. The second kappa shape index (κ2) is 5.48. The van der Waals surface area contributed by atoms with Gasteiger partial charge in [-0.3, -0.25) is 4.79 Å². The second-order valence-electron chi connectivity index (χ2n) is 4.87. The topological polar surface area (TPSA) is 41.1 Å². The molecule has 0 aliphatic carbocycles. The first-order chi connectivity index (χ1) is 8.61. The van der Waals surface area contributed by atoms with Crippen molar-refractivity contribution in [3.05, 3.63) is 35.1 Å². The molecule has 2 atom stereocenters. The van der Waals surface area contributed by atoms with Crippen LogP contribution in [-0.2, 0) is 4.79 Å². The first kappa shape index (κ1) is 13.0. The van der Waals surface area contributed by atoms with Crippen molar-refractivity contribution in [2.24, 2.45) is 0 Å². The normalized spacial score (nSPS) is 23.7. The van der Waals surface area contributed by atoms with Crippen LogP contribution in [0.2, 0.25) is 0 Å². The largest absolute Gasteiger partial charge is 0.358 e. The number of piperidine rings is 1. The van der Waals surface area contributed by atoms with Crippen molar-refractivity contribution < 1.29 is 9.18 Å². The minimum absolute atomic E-state index is 0.0206. The molecule has 1 fully saturated rings. The fourth-order valence-electron chi connectivity index (χ4n) is 2.55. The number of benzene rings is 1. The molecule has 4 heteroatoms. The third-order valence-corrected chi connectivity index (χ3v) is 3.56. The van der Waals surface area contributed by atoms with Crippen LogP contribution in [0.1, 0.15) is 29.9 Å². The molecule has 1 aromatic carbocycles. The van der Waals surface area contributed by atoms with Crippen LogP contribution in [0.25, 0.3) is 0 Å². The number of amides is 1. The van der Waals surface area contributed by atoms with Gasteiger partial charge in [0.15, 0.2) is 0 Å². The lowest BCUT2D eigenvalue weighted by Gasteiger charge is -2.29. The molecule has 2 N–H and O–H groups in total. The average molecular weight is 250 g/mol. The summed E-state index contributed by atoms with van der Waals surface area (Å²) in [6.45, 7) is 2.70. The Morgan fingerprint density at radius 1 is 1.50 bits per heavy atom. The zero-order valence-electron chi connectivity index (χ0n) is 10.8. The number of hydrogen-bond acceptors (Lipinski definition) is 2. The summed E-state index contributed by atoms with van der Waals surface area (Å²) < 4.78 is 13.8. The lowest BCUT2D eigenvalue weighted by molar-refractivity contribution is -0.123. The van der Waals surface area contributed by atoms with Crippen molar-refractivity contribution in [3.8, 4) is 0 Å². The maximum Gasteiger partial charge on any atom is 0.236 e. The molecular weight excluding hydrogens is 231 g/mol. The van der Waals surface area contributed by atoms with Gasteiger partial charge in [-0.25, -0.2) is 4.39 Å². The van der Waals surface area contributed by atoms with Gasteiger partial charge in [-0.2, -0.15) is 0 Å². The maximum absolute atomic E-state index is 13.8. The van der Waals surface area contributed by atoms with Crippen molar-refractivity contribution in [3.63, 3.8) is 0 Å². The smallest absolute Gasteiger partial charge is 0.236 e. The molecule has 0 radical (unpaired) electrons. The molecule has 1 aromatic rings. The molecule has 0 saturated carbocycles. The summed E-state index contributed by atoms with van der Waals surface area (Å²) >= 11 is 0. The zero-order valence-corrected chi connectivity index (χ0v) is 10.8. The fourth-order valence-corrected chi connectivity index (χ4v) is 2.55. The number of likely N-dealkylation sites (N-methyl/N-ethyl adjacent to an activating group) is 1. The van der Waals surface area contributed by atoms with Gasteiger partial charge in [-0.15, -0.1) is 0 Å². The van der Waals surface area contributed by atoms with Crippen LogP contribution in [0.5, 0.6) is 0 Å². The molecule has 2 rings (SSSR count). The molecule has 1 heterocycles. The Morgan fingerprint density at radius 3 is 3.00 bits per heavy atom. The summed E-state index contributed by atoms with van der Waals surface area (Å²) in [5.74, 6) is -0.0654. The lowest BCUT2D eigenvalue weighted by Crippen LogP contribution is -2.47. The van der Waals surface area contributed by atoms with E-state index >= 15 is 0 Å². The maximum atomic E-state index is 13.8. The van der Waals surface area contributed by atoms with Crippen LogP contribution in [0, 0.1) is 12.7 Å². The highest BCUT2D eigenvalue weighted by Gasteiger charge is 2.28. The van der Waals surface area contributed by atoms with E-state index in [-0.39, 0.29) is 23.7 Å². The van der Waals surface area contributed by atoms with Crippen LogP contribution in [0.15, 0.2) is 18.2 Å². The first-order valence-corrected chi connectivity index (χ1v) is 6.33. The molecule has 98 valence electrons. The molecule has 1 aliphatic heterocycles. The number of carbonyl (C=O) groups excluding carboxylic acids is 1.